The first-order chi connectivity index (χ1) is 7.28. The van der Waals surface area contributed by atoms with E-state index in [0.717, 1.165) is 43.4 Å². The highest BCUT2D eigenvalue weighted by Crippen LogP contribution is 2.13. The molecule has 1 aromatic heterocycles. The third kappa shape index (κ3) is 2.98. The van der Waals surface area contributed by atoms with Crippen LogP contribution < -0.4 is 0 Å². The van der Waals surface area contributed by atoms with Crippen LogP contribution in [0.3, 0.4) is 0 Å². The SMILES string of the molecule is CN1CCN(Cc2nc(CO)cs2)CC1. The van der Waals surface area contributed by atoms with Gasteiger partial charge in [0, 0.05) is 31.6 Å². The second kappa shape index (κ2) is 5.03. The van der Waals surface area contributed by atoms with Gasteiger partial charge in [-0.2, -0.15) is 0 Å². The maximum atomic E-state index is 8.92. The summed E-state index contributed by atoms with van der Waals surface area (Å²) in [5.74, 6) is 0. The Kier molecular flexibility index (Phi) is 3.69. The fraction of sp³-hybridized carbons (Fsp3) is 0.700. The van der Waals surface area contributed by atoms with E-state index in [1.165, 1.54) is 0 Å². The van der Waals surface area contributed by atoms with E-state index in [-0.39, 0.29) is 6.61 Å². The van der Waals surface area contributed by atoms with Crippen molar-refractivity contribution >= 4 is 11.3 Å². The zero-order valence-corrected chi connectivity index (χ0v) is 9.83. The molecule has 84 valence electrons. The van der Waals surface area contributed by atoms with Crippen LogP contribution in [-0.2, 0) is 13.2 Å². The first-order valence-electron chi connectivity index (χ1n) is 5.23. The minimum absolute atomic E-state index is 0.0548. The Morgan fingerprint density at radius 2 is 2.13 bits per heavy atom. The molecule has 0 atom stereocenters. The van der Waals surface area contributed by atoms with Gasteiger partial charge in [0.05, 0.1) is 18.8 Å². The molecule has 1 N–H and O–H groups in total. The van der Waals surface area contributed by atoms with E-state index in [1.807, 2.05) is 5.38 Å². The standard InChI is InChI=1S/C10H17N3OS/c1-12-2-4-13(5-3-12)6-10-11-9(7-14)8-15-10/h8,14H,2-7H2,1H3. The average Bonchev–Trinajstić information content (AvgIpc) is 2.69. The number of rotatable bonds is 3. The molecule has 15 heavy (non-hydrogen) atoms. The Morgan fingerprint density at radius 3 is 2.73 bits per heavy atom. The number of hydrogen-bond donors (Lipinski definition) is 1. The maximum Gasteiger partial charge on any atom is 0.107 e. The van der Waals surface area contributed by atoms with E-state index >= 15 is 0 Å². The summed E-state index contributed by atoms with van der Waals surface area (Å²) in [7, 11) is 2.16. The number of aliphatic hydroxyl groups is 1. The van der Waals surface area contributed by atoms with Crippen LogP contribution in [0, 0.1) is 0 Å². The Morgan fingerprint density at radius 1 is 1.40 bits per heavy atom. The molecule has 2 rings (SSSR count). The number of aromatic nitrogens is 1. The first-order valence-corrected chi connectivity index (χ1v) is 6.11. The predicted octanol–water partition coefficient (Wildman–Crippen LogP) is 0.383. The molecule has 0 aliphatic carbocycles. The van der Waals surface area contributed by atoms with Gasteiger partial charge in [-0.3, -0.25) is 4.90 Å². The van der Waals surface area contributed by atoms with Gasteiger partial charge >= 0.3 is 0 Å². The summed E-state index contributed by atoms with van der Waals surface area (Å²) in [6.07, 6.45) is 0. The summed E-state index contributed by atoms with van der Waals surface area (Å²) in [4.78, 5) is 9.12. The van der Waals surface area contributed by atoms with E-state index in [4.69, 9.17) is 5.11 Å². The molecule has 1 aliphatic heterocycles. The lowest BCUT2D eigenvalue weighted by molar-refractivity contribution is 0.148. The molecule has 1 aliphatic rings. The summed E-state index contributed by atoms with van der Waals surface area (Å²) < 4.78 is 0. The van der Waals surface area contributed by atoms with E-state index < -0.39 is 0 Å². The number of nitrogens with zero attached hydrogens (tertiary/aromatic N) is 3. The second-order valence-corrected chi connectivity index (χ2v) is 4.91. The van der Waals surface area contributed by atoms with Crippen LogP contribution in [0.5, 0.6) is 0 Å². The highest BCUT2D eigenvalue weighted by molar-refractivity contribution is 7.09. The van der Waals surface area contributed by atoms with Gasteiger partial charge < -0.3 is 10.0 Å². The Labute approximate surface area is 94.2 Å². The first kappa shape index (κ1) is 11.0. The largest absolute Gasteiger partial charge is 0.390 e. The molecule has 0 spiro atoms. The quantitative estimate of drug-likeness (QED) is 0.810. The molecule has 1 saturated heterocycles. The Balaban J connectivity index is 1.86. The monoisotopic (exact) mass is 227 g/mol. The molecule has 1 aromatic rings. The number of piperazine rings is 1. The minimum Gasteiger partial charge on any atom is -0.390 e. The number of hydrogen-bond acceptors (Lipinski definition) is 5. The van der Waals surface area contributed by atoms with Gasteiger partial charge in [-0.1, -0.05) is 0 Å². The molecule has 0 aromatic carbocycles. The van der Waals surface area contributed by atoms with Crippen LogP contribution in [0.1, 0.15) is 10.7 Å². The molecule has 4 nitrogen and oxygen atoms in total. The summed E-state index contributed by atoms with van der Waals surface area (Å²) >= 11 is 1.64. The summed E-state index contributed by atoms with van der Waals surface area (Å²) in [5.41, 5.74) is 0.795. The lowest BCUT2D eigenvalue weighted by Gasteiger charge is -2.31. The van der Waals surface area contributed by atoms with E-state index in [0.29, 0.717) is 0 Å². The molecular weight excluding hydrogens is 210 g/mol. The van der Waals surface area contributed by atoms with Gasteiger partial charge in [0.15, 0.2) is 0 Å². The van der Waals surface area contributed by atoms with Crippen molar-refractivity contribution < 1.29 is 5.11 Å². The lowest BCUT2D eigenvalue weighted by atomic mass is 10.3. The van der Waals surface area contributed by atoms with Crippen LogP contribution in [0.4, 0.5) is 0 Å². The van der Waals surface area contributed by atoms with Crippen molar-refractivity contribution in [2.45, 2.75) is 13.2 Å². The van der Waals surface area contributed by atoms with Gasteiger partial charge in [-0.25, -0.2) is 4.98 Å². The van der Waals surface area contributed by atoms with Gasteiger partial charge in [0.2, 0.25) is 0 Å². The molecule has 0 unspecified atom stereocenters. The predicted molar refractivity (Wildman–Crippen MR) is 60.8 cm³/mol. The van der Waals surface area contributed by atoms with Gasteiger partial charge in [-0.15, -0.1) is 11.3 Å². The molecule has 2 heterocycles. The molecule has 0 amide bonds. The molecule has 0 radical (unpaired) electrons. The number of likely N-dealkylation sites (N-methyl/N-ethyl adjacent to an activating group) is 1. The van der Waals surface area contributed by atoms with Crippen LogP contribution in [0.2, 0.25) is 0 Å². The Bertz CT molecular complexity index is 307. The van der Waals surface area contributed by atoms with Crippen LogP contribution in [-0.4, -0.2) is 53.1 Å². The second-order valence-electron chi connectivity index (χ2n) is 3.97. The highest BCUT2D eigenvalue weighted by Gasteiger charge is 2.15. The molecule has 5 heteroatoms. The van der Waals surface area contributed by atoms with Crippen molar-refractivity contribution in [2.24, 2.45) is 0 Å². The van der Waals surface area contributed by atoms with Crippen molar-refractivity contribution in [1.82, 2.24) is 14.8 Å². The highest BCUT2D eigenvalue weighted by atomic mass is 32.1. The number of thiazole rings is 1. The third-order valence-corrected chi connectivity index (χ3v) is 3.60. The van der Waals surface area contributed by atoms with Crippen molar-refractivity contribution in [2.75, 3.05) is 33.2 Å². The zero-order valence-electron chi connectivity index (χ0n) is 9.02. The number of aliphatic hydroxyl groups excluding tert-OH is 1. The van der Waals surface area contributed by atoms with Crippen LogP contribution in [0.15, 0.2) is 5.38 Å². The summed E-state index contributed by atoms with van der Waals surface area (Å²) in [6, 6.07) is 0. The van der Waals surface area contributed by atoms with Crippen molar-refractivity contribution in [3.8, 4) is 0 Å². The molecule has 1 fully saturated rings. The zero-order chi connectivity index (χ0) is 10.7. The van der Waals surface area contributed by atoms with Crippen molar-refractivity contribution in [3.63, 3.8) is 0 Å². The molecule has 0 saturated carbocycles. The molecule has 0 bridgehead atoms. The maximum absolute atomic E-state index is 8.92. The minimum atomic E-state index is 0.0548. The third-order valence-electron chi connectivity index (χ3n) is 2.72. The fourth-order valence-electron chi connectivity index (χ4n) is 1.69. The topological polar surface area (TPSA) is 39.6 Å². The smallest absolute Gasteiger partial charge is 0.107 e. The summed E-state index contributed by atoms with van der Waals surface area (Å²) in [5, 5.41) is 12.0. The van der Waals surface area contributed by atoms with Gasteiger partial charge in [-0.05, 0) is 7.05 Å². The van der Waals surface area contributed by atoms with Gasteiger partial charge in [0.1, 0.15) is 5.01 Å². The van der Waals surface area contributed by atoms with Crippen molar-refractivity contribution in [3.05, 3.63) is 16.1 Å². The molecular formula is C10H17N3OS. The van der Waals surface area contributed by atoms with Gasteiger partial charge in [0.25, 0.3) is 0 Å². The fourth-order valence-corrected chi connectivity index (χ4v) is 2.52. The van der Waals surface area contributed by atoms with Crippen LogP contribution in [0.25, 0.3) is 0 Å². The average molecular weight is 227 g/mol. The van der Waals surface area contributed by atoms with E-state index in [2.05, 4.69) is 21.8 Å². The van der Waals surface area contributed by atoms with E-state index in [1.54, 1.807) is 11.3 Å². The summed E-state index contributed by atoms with van der Waals surface area (Å²) in [6.45, 7) is 5.49. The van der Waals surface area contributed by atoms with Crippen LogP contribution >= 0.6 is 11.3 Å². The normalized spacial score (nSPS) is 19.6. The Hall–Kier alpha value is -0.490. The lowest BCUT2D eigenvalue weighted by Crippen LogP contribution is -2.43. The van der Waals surface area contributed by atoms with E-state index in [9.17, 15) is 0 Å². The van der Waals surface area contributed by atoms with Crippen molar-refractivity contribution in [1.29, 1.82) is 0 Å².